The van der Waals surface area contributed by atoms with Gasteiger partial charge in [0.25, 0.3) is 5.91 Å². The van der Waals surface area contributed by atoms with Crippen molar-refractivity contribution in [2.24, 2.45) is 0 Å². The summed E-state index contributed by atoms with van der Waals surface area (Å²) in [6, 6.07) is 11.6. The van der Waals surface area contributed by atoms with Gasteiger partial charge in [0.15, 0.2) is 5.13 Å². The summed E-state index contributed by atoms with van der Waals surface area (Å²) < 4.78 is 13.7. The largest absolute Gasteiger partial charge is 0.497 e. The van der Waals surface area contributed by atoms with Crippen molar-refractivity contribution in [1.82, 2.24) is 19.3 Å². The van der Waals surface area contributed by atoms with Gasteiger partial charge in [-0.15, -0.1) is 12.4 Å². The molecular formula is C24H28ClN5O3S. The van der Waals surface area contributed by atoms with Gasteiger partial charge in [-0.25, -0.2) is 9.97 Å². The predicted molar refractivity (Wildman–Crippen MR) is 137 cm³/mol. The van der Waals surface area contributed by atoms with Crippen molar-refractivity contribution in [2.75, 3.05) is 51.4 Å². The van der Waals surface area contributed by atoms with Crippen molar-refractivity contribution >= 4 is 50.6 Å². The van der Waals surface area contributed by atoms with Gasteiger partial charge in [0.05, 0.1) is 36.2 Å². The number of fused-ring (bicyclic) bond motifs is 2. The summed E-state index contributed by atoms with van der Waals surface area (Å²) in [4.78, 5) is 27.5. The van der Waals surface area contributed by atoms with Crippen LogP contribution in [0.25, 0.3) is 15.9 Å². The van der Waals surface area contributed by atoms with Gasteiger partial charge in [0.1, 0.15) is 17.1 Å². The number of pyridine rings is 1. The number of carbonyl (C=O) groups excluding carboxylic acids is 1. The van der Waals surface area contributed by atoms with Crippen LogP contribution in [0, 0.1) is 6.92 Å². The number of nitrogens with zero attached hydrogens (tertiary/aromatic N) is 5. The molecule has 1 saturated heterocycles. The van der Waals surface area contributed by atoms with Crippen LogP contribution in [0.5, 0.6) is 5.75 Å². The first-order chi connectivity index (χ1) is 16.1. The fourth-order valence-electron chi connectivity index (χ4n) is 4.20. The lowest BCUT2D eigenvalue weighted by atomic mass is 10.2. The molecule has 8 nitrogen and oxygen atoms in total. The van der Waals surface area contributed by atoms with E-state index < -0.39 is 0 Å². The van der Waals surface area contributed by atoms with E-state index in [0.29, 0.717) is 23.1 Å². The first-order valence-corrected chi connectivity index (χ1v) is 12.0. The minimum atomic E-state index is -0.0841. The van der Waals surface area contributed by atoms with E-state index in [4.69, 9.17) is 14.5 Å². The molecule has 0 bridgehead atoms. The summed E-state index contributed by atoms with van der Waals surface area (Å²) in [5, 5.41) is 0.690. The predicted octanol–water partition coefficient (Wildman–Crippen LogP) is 4.05. The van der Waals surface area contributed by atoms with E-state index in [2.05, 4.69) is 9.88 Å². The topological polar surface area (TPSA) is 72.2 Å². The third kappa shape index (κ3) is 4.88. The minimum absolute atomic E-state index is 0. The van der Waals surface area contributed by atoms with Crippen LogP contribution in [0.15, 0.2) is 42.6 Å². The molecular weight excluding hydrogens is 474 g/mol. The number of ether oxygens (including phenoxy) is 2. The van der Waals surface area contributed by atoms with Gasteiger partial charge in [-0.2, -0.15) is 0 Å². The number of methoxy groups -OCH3 is 1. The van der Waals surface area contributed by atoms with Crippen molar-refractivity contribution in [3.05, 3.63) is 54.0 Å². The summed E-state index contributed by atoms with van der Waals surface area (Å²) in [5.74, 6) is 0.668. The Hall–Kier alpha value is -2.72. The molecule has 3 aromatic heterocycles. The third-order valence-corrected chi connectivity index (χ3v) is 6.99. The summed E-state index contributed by atoms with van der Waals surface area (Å²) in [5.41, 5.74) is 2.89. The van der Waals surface area contributed by atoms with E-state index in [0.717, 1.165) is 60.9 Å². The van der Waals surface area contributed by atoms with Crippen LogP contribution >= 0.6 is 23.7 Å². The zero-order valence-corrected chi connectivity index (χ0v) is 20.9. The molecule has 1 aliphatic heterocycles. The average molecular weight is 502 g/mol. The van der Waals surface area contributed by atoms with Crippen molar-refractivity contribution in [3.8, 4) is 5.75 Å². The summed E-state index contributed by atoms with van der Waals surface area (Å²) >= 11 is 1.52. The molecule has 0 atom stereocenters. The third-order valence-electron chi connectivity index (χ3n) is 5.93. The number of amides is 1. The lowest BCUT2D eigenvalue weighted by molar-refractivity contribution is 0.0376. The molecule has 0 N–H and O–H groups in total. The molecule has 5 rings (SSSR count). The number of rotatable bonds is 7. The number of hydrogen-bond donors (Lipinski definition) is 0. The van der Waals surface area contributed by atoms with E-state index in [-0.39, 0.29) is 18.3 Å². The van der Waals surface area contributed by atoms with E-state index in [1.165, 1.54) is 11.3 Å². The molecule has 4 aromatic rings. The molecule has 1 aliphatic rings. The highest BCUT2D eigenvalue weighted by molar-refractivity contribution is 7.22. The molecule has 1 fully saturated rings. The Kier molecular flexibility index (Phi) is 7.67. The molecule has 4 heterocycles. The molecule has 1 amide bonds. The van der Waals surface area contributed by atoms with Crippen molar-refractivity contribution in [1.29, 1.82) is 0 Å². The Labute approximate surface area is 208 Å². The number of anilines is 1. The molecule has 0 aliphatic carbocycles. The van der Waals surface area contributed by atoms with Crippen LogP contribution in [0.3, 0.4) is 0 Å². The van der Waals surface area contributed by atoms with Crippen LogP contribution in [0.2, 0.25) is 0 Å². The number of benzene rings is 1. The lowest BCUT2D eigenvalue weighted by Gasteiger charge is -2.27. The average Bonchev–Trinajstić information content (AvgIpc) is 3.41. The second kappa shape index (κ2) is 10.7. The Morgan fingerprint density at radius 3 is 2.82 bits per heavy atom. The molecule has 34 heavy (non-hydrogen) atoms. The number of imidazole rings is 1. The maximum Gasteiger partial charge on any atom is 0.278 e. The smallest absolute Gasteiger partial charge is 0.278 e. The van der Waals surface area contributed by atoms with Gasteiger partial charge in [0.2, 0.25) is 0 Å². The maximum atomic E-state index is 13.9. The number of morpholine rings is 1. The fraction of sp³-hybridized carbons (Fsp3) is 0.375. The quantitative estimate of drug-likeness (QED) is 0.380. The van der Waals surface area contributed by atoms with Gasteiger partial charge < -0.3 is 9.47 Å². The van der Waals surface area contributed by atoms with E-state index in [1.54, 1.807) is 12.0 Å². The summed E-state index contributed by atoms with van der Waals surface area (Å²) in [7, 11) is 1.64. The maximum absolute atomic E-state index is 13.9. The second-order valence-corrected chi connectivity index (χ2v) is 9.08. The Balaban J connectivity index is 0.00000274. The number of halogens is 1. The van der Waals surface area contributed by atoms with Crippen LogP contribution in [-0.2, 0) is 4.74 Å². The van der Waals surface area contributed by atoms with Crippen molar-refractivity contribution in [3.63, 3.8) is 0 Å². The van der Waals surface area contributed by atoms with Gasteiger partial charge in [-0.05, 0) is 37.6 Å². The Morgan fingerprint density at radius 2 is 2.03 bits per heavy atom. The molecule has 0 unspecified atom stereocenters. The minimum Gasteiger partial charge on any atom is -0.497 e. The van der Waals surface area contributed by atoms with E-state index in [1.807, 2.05) is 53.9 Å². The normalized spacial score (nSPS) is 14.3. The molecule has 10 heteroatoms. The highest BCUT2D eigenvalue weighted by Crippen LogP contribution is 2.32. The zero-order chi connectivity index (χ0) is 22.8. The Bertz CT molecular complexity index is 1280. The SMILES string of the molecule is COc1ccc2sc(N(CCCN3CCOCC3)C(=O)c3c(C)nc4ccccn34)nc2c1.Cl. The van der Waals surface area contributed by atoms with Crippen LogP contribution in [-0.4, -0.2) is 71.7 Å². The zero-order valence-electron chi connectivity index (χ0n) is 19.3. The van der Waals surface area contributed by atoms with Gasteiger partial charge in [0, 0.05) is 38.4 Å². The van der Waals surface area contributed by atoms with Crippen LogP contribution < -0.4 is 9.64 Å². The monoisotopic (exact) mass is 501 g/mol. The number of aryl methyl sites for hydroxylation is 1. The molecule has 0 saturated carbocycles. The number of aromatic nitrogens is 3. The molecule has 0 spiro atoms. The van der Waals surface area contributed by atoms with Crippen LogP contribution in [0.4, 0.5) is 5.13 Å². The molecule has 1 aromatic carbocycles. The Morgan fingerprint density at radius 1 is 1.21 bits per heavy atom. The fourth-order valence-corrected chi connectivity index (χ4v) is 5.17. The number of hydrogen-bond acceptors (Lipinski definition) is 7. The second-order valence-electron chi connectivity index (χ2n) is 8.07. The summed E-state index contributed by atoms with van der Waals surface area (Å²) in [6.45, 7) is 6.77. The highest BCUT2D eigenvalue weighted by atomic mass is 35.5. The van der Waals surface area contributed by atoms with Crippen molar-refractivity contribution < 1.29 is 14.3 Å². The summed E-state index contributed by atoms with van der Waals surface area (Å²) in [6.07, 6.45) is 2.73. The van der Waals surface area contributed by atoms with Crippen LogP contribution in [0.1, 0.15) is 22.6 Å². The van der Waals surface area contributed by atoms with E-state index >= 15 is 0 Å². The highest BCUT2D eigenvalue weighted by Gasteiger charge is 2.26. The van der Waals surface area contributed by atoms with E-state index in [9.17, 15) is 4.79 Å². The first-order valence-electron chi connectivity index (χ1n) is 11.1. The van der Waals surface area contributed by atoms with Gasteiger partial charge in [-0.1, -0.05) is 17.4 Å². The van der Waals surface area contributed by atoms with Gasteiger partial charge in [-0.3, -0.25) is 19.0 Å². The molecule has 180 valence electrons. The standard InChI is InChI=1S/C24H27N5O3S.ClH/c1-17-22(28-10-4-3-6-21(28)25-17)23(30)29(11-5-9-27-12-14-32-15-13-27)24-26-19-16-18(31-2)7-8-20(19)33-24;/h3-4,6-8,10,16H,5,9,11-15H2,1-2H3;1H. The first kappa shape index (κ1) is 24.4. The van der Waals surface area contributed by atoms with Gasteiger partial charge >= 0.3 is 0 Å². The lowest BCUT2D eigenvalue weighted by Crippen LogP contribution is -2.39. The van der Waals surface area contributed by atoms with Crippen molar-refractivity contribution in [2.45, 2.75) is 13.3 Å². The number of carbonyl (C=O) groups is 1. The number of thiazole rings is 1. The molecule has 0 radical (unpaired) electrons.